The maximum absolute atomic E-state index is 11.9. The first kappa shape index (κ1) is 14.6. The number of ether oxygens (including phenoxy) is 2. The number of rotatable bonds is 6. The third-order valence-corrected chi connectivity index (χ3v) is 2.71. The molecule has 100 valence electrons. The van der Waals surface area contributed by atoms with Crippen LogP contribution in [0.15, 0.2) is 18.2 Å². The van der Waals surface area contributed by atoms with Gasteiger partial charge in [0.15, 0.2) is 0 Å². The zero-order valence-electron chi connectivity index (χ0n) is 10.3. The number of hydrogen-bond acceptors (Lipinski definition) is 4. The third-order valence-electron chi connectivity index (χ3n) is 2.34. The lowest BCUT2D eigenvalue weighted by molar-refractivity contribution is 0.0904. The molecule has 0 aliphatic carbocycles. The van der Waals surface area contributed by atoms with Gasteiger partial charge in [-0.3, -0.25) is 4.79 Å². The molecular formula is C12H16ClNO4. The van der Waals surface area contributed by atoms with Gasteiger partial charge in [-0.15, -0.1) is 11.6 Å². The molecule has 1 amide bonds. The quantitative estimate of drug-likeness (QED) is 0.769. The molecule has 0 saturated carbocycles. The zero-order chi connectivity index (χ0) is 13.5. The molecule has 2 N–H and O–H groups in total. The fourth-order valence-electron chi connectivity index (χ4n) is 1.42. The van der Waals surface area contributed by atoms with Crippen LogP contribution in [-0.2, 0) is 4.74 Å². The molecule has 1 aromatic rings. The fraction of sp³-hybridized carbons (Fsp3) is 0.417. The fourth-order valence-corrected chi connectivity index (χ4v) is 1.59. The van der Waals surface area contributed by atoms with Crippen LogP contribution in [0, 0.1) is 0 Å². The number of aromatic hydroxyl groups is 1. The van der Waals surface area contributed by atoms with Crippen molar-refractivity contribution in [1.29, 1.82) is 0 Å². The zero-order valence-corrected chi connectivity index (χ0v) is 11.0. The second kappa shape index (κ2) is 7.08. The first-order chi connectivity index (χ1) is 8.62. The molecule has 0 fully saturated rings. The highest BCUT2D eigenvalue weighted by molar-refractivity contribution is 6.18. The van der Waals surface area contributed by atoms with Crippen LogP contribution in [0.4, 0.5) is 0 Å². The summed E-state index contributed by atoms with van der Waals surface area (Å²) in [6.07, 6.45) is 0. The topological polar surface area (TPSA) is 67.8 Å². The largest absolute Gasteiger partial charge is 0.507 e. The van der Waals surface area contributed by atoms with Gasteiger partial charge in [0, 0.05) is 19.1 Å². The van der Waals surface area contributed by atoms with Gasteiger partial charge in [0.25, 0.3) is 5.91 Å². The molecule has 0 bridgehead atoms. The second-order valence-corrected chi connectivity index (χ2v) is 3.97. The van der Waals surface area contributed by atoms with Crippen molar-refractivity contribution in [3.05, 3.63) is 23.8 Å². The number of phenolic OH excluding ortho intramolecular Hbond substituents is 1. The van der Waals surface area contributed by atoms with Gasteiger partial charge in [-0.05, 0) is 12.1 Å². The van der Waals surface area contributed by atoms with Gasteiger partial charge < -0.3 is 19.9 Å². The predicted molar refractivity (Wildman–Crippen MR) is 68.5 cm³/mol. The normalized spacial score (nSPS) is 11.9. The summed E-state index contributed by atoms with van der Waals surface area (Å²) in [6, 6.07) is 4.16. The summed E-state index contributed by atoms with van der Waals surface area (Å²) in [5.41, 5.74) is 0.169. The Morgan fingerprint density at radius 3 is 2.72 bits per heavy atom. The van der Waals surface area contributed by atoms with E-state index in [0.717, 1.165) is 0 Å². The molecule has 1 atom stereocenters. The monoisotopic (exact) mass is 273 g/mol. The molecule has 5 nitrogen and oxygen atoms in total. The highest BCUT2D eigenvalue weighted by Gasteiger charge is 2.16. The SMILES string of the molecule is COCC(CCl)NC(=O)c1ccc(OC)cc1O. The van der Waals surface area contributed by atoms with Crippen LogP contribution in [-0.4, -0.2) is 43.8 Å². The van der Waals surface area contributed by atoms with Crippen molar-refractivity contribution in [1.82, 2.24) is 5.32 Å². The minimum absolute atomic E-state index is 0.141. The summed E-state index contributed by atoms with van der Waals surface area (Å²) in [5, 5.41) is 12.4. The first-order valence-corrected chi connectivity index (χ1v) is 5.88. The Morgan fingerprint density at radius 1 is 1.50 bits per heavy atom. The second-order valence-electron chi connectivity index (χ2n) is 3.66. The lowest BCUT2D eigenvalue weighted by atomic mass is 10.1. The Balaban J connectivity index is 2.77. The van der Waals surface area contributed by atoms with Gasteiger partial charge in [0.05, 0.1) is 25.3 Å². The molecule has 0 radical (unpaired) electrons. The van der Waals surface area contributed by atoms with Gasteiger partial charge in [0.2, 0.25) is 0 Å². The van der Waals surface area contributed by atoms with Gasteiger partial charge in [0.1, 0.15) is 11.5 Å². The van der Waals surface area contributed by atoms with Crippen molar-refractivity contribution in [2.75, 3.05) is 26.7 Å². The Bertz CT molecular complexity index is 411. The average Bonchev–Trinajstić information content (AvgIpc) is 2.37. The van der Waals surface area contributed by atoms with Gasteiger partial charge in [-0.1, -0.05) is 0 Å². The van der Waals surface area contributed by atoms with E-state index in [2.05, 4.69) is 5.32 Å². The number of carbonyl (C=O) groups excluding carboxylic acids is 1. The molecule has 18 heavy (non-hydrogen) atoms. The number of halogens is 1. The minimum Gasteiger partial charge on any atom is -0.507 e. The molecule has 0 aromatic heterocycles. The summed E-state index contributed by atoms with van der Waals surface area (Å²) in [7, 11) is 3.01. The number of phenols is 1. The summed E-state index contributed by atoms with van der Waals surface area (Å²) < 4.78 is 9.85. The van der Waals surface area contributed by atoms with Crippen molar-refractivity contribution in [3.8, 4) is 11.5 Å². The highest BCUT2D eigenvalue weighted by atomic mass is 35.5. The van der Waals surface area contributed by atoms with E-state index in [1.54, 1.807) is 6.07 Å². The lowest BCUT2D eigenvalue weighted by Crippen LogP contribution is -2.39. The van der Waals surface area contributed by atoms with Crippen LogP contribution >= 0.6 is 11.6 Å². The predicted octanol–water partition coefficient (Wildman–Crippen LogP) is 1.38. The summed E-state index contributed by atoms with van der Waals surface area (Å²) in [5.74, 6) is 0.168. The minimum atomic E-state index is -0.405. The van der Waals surface area contributed by atoms with E-state index in [1.165, 1.54) is 26.4 Å². The number of methoxy groups -OCH3 is 2. The van der Waals surface area contributed by atoms with Crippen LogP contribution in [0.5, 0.6) is 11.5 Å². The Kier molecular flexibility index (Phi) is 5.74. The Hall–Kier alpha value is -1.46. The highest BCUT2D eigenvalue weighted by Crippen LogP contribution is 2.23. The number of carbonyl (C=O) groups is 1. The van der Waals surface area contributed by atoms with Crippen molar-refractivity contribution in [2.24, 2.45) is 0 Å². The Labute approximate surface area is 111 Å². The van der Waals surface area contributed by atoms with Crippen LogP contribution in [0.2, 0.25) is 0 Å². The Morgan fingerprint density at radius 2 is 2.22 bits per heavy atom. The molecule has 1 aromatic carbocycles. The summed E-state index contributed by atoms with van der Waals surface area (Å²) in [4.78, 5) is 11.9. The van der Waals surface area contributed by atoms with E-state index < -0.39 is 5.91 Å². The van der Waals surface area contributed by atoms with Gasteiger partial charge >= 0.3 is 0 Å². The number of hydrogen-bond donors (Lipinski definition) is 2. The molecule has 1 unspecified atom stereocenters. The van der Waals surface area contributed by atoms with Crippen LogP contribution < -0.4 is 10.1 Å². The van der Waals surface area contributed by atoms with Gasteiger partial charge in [-0.25, -0.2) is 0 Å². The summed E-state index contributed by atoms with van der Waals surface area (Å²) in [6.45, 7) is 0.312. The number of nitrogens with one attached hydrogen (secondary N) is 1. The smallest absolute Gasteiger partial charge is 0.255 e. The number of amides is 1. The van der Waals surface area contributed by atoms with Crippen molar-refractivity contribution in [2.45, 2.75) is 6.04 Å². The molecule has 6 heteroatoms. The van der Waals surface area contributed by atoms with Crippen molar-refractivity contribution < 1.29 is 19.4 Å². The van der Waals surface area contributed by atoms with E-state index in [9.17, 15) is 9.90 Å². The maximum atomic E-state index is 11.9. The van der Waals surface area contributed by atoms with Gasteiger partial charge in [-0.2, -0.15) is 0 Å². The van der Waals surface area contributed by atoms with E-state index in [1.807, 2.05) is 0 Å². The molecule has 0 spiro atoms. The van der Waals surface area contributed by atoms with Crippen LogP contribution in [0.25, 0.3) is 0 Å². The molecule has 0 aliphatic rings. The number of alkyl halides is 1. The molecule has 1 rings (SSSR count). The molecular weight excluding hydrogens is 258 g/mol. The van der Waals surface area contributed by atoms with E-state index in [0.29, 0.717) is 12.4 Å². The van der Waals surface area contributed by atoms with E-state index >= 15 is 0 Å². The van der Waals surface area contributed by atoms with E-state index in [-0.39, 0.29) is 23.2 Å². The number of benzene rings is 1. The average molecular weight is 274 g/mol. The first-order valence-electron chi connectivity index (χ1n) is 5.35. The van der Waals surface area contributed by atoms with Crippen molar-refractivity contribution >= 4 is 17.5 Å². The molecule has 0 heterocycles. The molecule has 0 saturated heterocycles. The van der Waals surface area contributed by atoms with Crippen LogP contribution in [0.3, 0.4) is 0 Å². The van der Waals surface area contributed by atoms with Crippen LogP contribution in [0.1, 0.15) is 10.4 Å². The maximum Gasteiger partial charge on any atom is 0.255 e. The van der Waals surface area contributed by atoms with Crippen molar-refractivity contribution in [3.63, 3.8) is 0 Å². The molecule has 0 aliphatic heterocycles. The lowest BCUT2D eigenvalue weighted by Gasteiger charge is -2.15. The standard InChI is InChI=1S/C12H16ClNO4/c1-17-7-8(6-13)14-12(16)10-4-3-9(18-2)5-11(10)15/h3-5,8,15H,6-7H2,1-2H3,(H,14,16). The summed E-state index contributed by atoms with van der Waals surface area (Å²) >= 11 is 5.69. The third kappa shape index (κ3) is 3.78. The van der Waals surface area contributed by atoms with E-state index in [4.69, 9.17) is 21.1 Å².